The summed E-state index contributed by atoms with van der Waals surface area (Å²) in [7, 11) is -4.61. The fraction of sp³-hybridized carbons (Fsp3) is 0.143. The van der Waals surface area contributed by atoms with Gasteiger partial charge in [0.2, 0.25) is 9.84 Å². The molecule has 0 saturated carbocycles. The first-order valence-corrected chi connectivity index (χ1v) is 7.99. The number of nitrogens with zero attached hydrogens (tertiary/aromatic N) is 2. The Labute approximate surface area is 129 Å². The van der Waals surface area contributed by atoms with Crippen LogP contribution in [0.3, 0.4) is 0 Å². The molecule has 0 bridgehead atoms. The van der Waals surface area contributed by atoms with Crippen molar-refractivity contribution in [3.63, 3.8) is 0 Å². The smallest absolute Gasteiger partial charge is 0.405 e. The lowest BCUT2D eigenvalue weighted by Gasteiger charge is -2.10. The number of hydrogen-bond acceptors (Lipinski definition) is 5. The second-order valence-corrected chi connectivity index (χ2v) is 6.67. The van der Waals surface area contributed by atoms with Gasteiger partial charge in [0.15, 0.2) is 11.6 Å². The molecule has 0 unspecified atom stereocenters. The van der Waals surface area contributed by atoms with E-state index in [-0.39, 0.29) is 6.54 Å². The Morgan fingerprint density at radius 3 is 2.52 bits per heavy atom. The molecule has 3 rings (SSSR count). The lowest BCUT2D eigenvalue weighted by molar-refractivity contribution is 0.234. The monoisotopic (exact) mass is 340 g/mol. The maximum Gasteiger partial charge on any atom is 0.441 e. The molecule has 9 heteroatoms. The summed E-state index contributed by atoms with van der Waals surface area (Å²) in [6.45, 7) is 0.276. The maximum absolute atomic E-state index is 12.5. The SMILES string of the molecule is O=c1nc2n(Cc3ccc(S(=O)(=O)C(F)F)cc3)cccc-2o1. The minimum Gasteiger partial charge on any atom is -0.405 e. The van der Waals surface area contributed by atoms with Crippen LogP contribution in [0.2, 0.25) is 0 Å². The van der Waals surface area contributed by atoms with Crippen molar-refractivity contribution >= 4 is 9.84 Å². The molecule has 6 nitrogen and oxygen atoms in total. The van der Waals surface area contributed by atoms with Crippen molar-refractivity contribution in [3.8, 4) is 11.6 Å². The van der Waals surface area contributed by atoms with Crippen molar-refractivity contribution < 1.29 is 21.6 Å². The summed E-state index contributed by atoms with van der Waals surface area (Å²) in [5.74, 6) is -3.49. The van der Waals surface area contributed by atoms with Gasteiger partial charge in [-0.25, -0.2) is 13.2 Å². The van der Waals surface area contributed by atoms with Crippen LogP contribution in [0, 0.1) is 0 Å². The Kier molecular flexibility index (Phi) is 3.72. The topological polar surface area (TPSA) is 82.2 Å². The van der Waals surface area contributed by atoms with Gasteiger partial charge in [0, 0.05) is 12.7 Å². The quantitative estimate of drug-likeness (QED) is 0.725. The van der Waals surface area contributed by atoms with E-state index in [0.717, 1.165) is 12.1 Å². The fourth-order valence-electron chi connectivity index (χ4n) is 2.14. The summed E-state index contributed by atoms with van der Waals surface area (Å²) >= 11 is 0. The number of hydrogen-bond donors (Lipinski definition) is 0. The van der Waals surface area contributed by atoms with Gasteiger partial charge < -0.3 is 8.98 Å². The fourth-order valence-corrected chi connectivity index (χ4v) is 2.86. The number of pyridine rings is 1. The van der Waals surface area contributed by atoms with Gasteiger partial charge in [-0.2, -0.15) is 13.8 Å². The molecule has 0 aromatic heterocycles. The Bertz CT molecular complexity index is 961. The normalized spacial score (nSPS) is 12.1. The third-order valence-electron chi connectivity index (χ3n) is 3.24. The number of halogens is 2. The molecule has 23 heavy (non-hydrogen) atoms. The van der Waals surface area contributed by atoms with E-state index in [2.05, 4.69) is 4.98 Å². The first kappa shape index (κ1) is 15.3. The summed E-state index contributed by atoms with van der Waals surface area (Å²) < 4.78 is 54.2. The number of rotatable bonds is 4. The van der Waals surface area contributed by atoms with Crippen LogP contribution in [-0.4, -0.2) is 23.7 Å². The van der Waals surface area contributed by atoms with Crippen molar-refractivity contribution in [2.45, 2.75) is 17.2 Å². The molecule has 0 spiro atoms. The lowest BCUT2D eigenvalue weighted by Crippen LogP contribution is -2.11. The molecule has 2 aliphatic rings. The molecule has 0 saturated heterocycles. The summed E-state index contributed by atoms with van der Waals surface area (Å²) in [6.07, 6.45) is 1.67. The van der Waals surface area contributed by atoms with E-state index in [1.54, 1.807) is 22.9 Å². The number of alkyl halides is 2. The second-order valence-electron chi connectivity index (χ2n) is 4.75. The first-order chi connectivity index (χ1) is 10.9. The van der Waals surface area contributed by atoms with Crippen molar-refractivity contribution in [2.24, 2.45) is 0 Å². The van der Waals surface area contributed by atoms with Crippen LogP contribution in [0.15, 0.2) is 56.7 Å². The van der Waals surface area contributed by atoms with Crippen molar-refractivity contribution in [1.29, 1.82) is 0 Å². The van der Waals surface area contributed by atoms with Gasteiger partial charge in [0.1, 0.15) is 0 Å². The van der Waals surface area contributed by atoms with E-state index in [4.69, 9.17) is 4.42 Å². The molecule has 120 valence electrons. The largest absolute Gasteiger partial charge is 0.441 e. The van der Waals surface area contributed by atoms with Crippen LogP contribution in [-0.2, 0) is 16.4 Å². The Morgan fingerprint density at radius 2 is 1.87 bits per heavy atom. The first-order valence-electron chi connectivity index (χ1n) is 6.45. The van der Waals surface area contributed by atoms with Gasteiger partial charge in [0.05, 0.1) is 4.90 Å². The van der Waals surface area contributed by atoms with Crippen LogP contribution < -0.4 is 5.76 Å². The standard InChI is InChI=1S/C14H10F2N2O4S/c15-13(16)23(20,21)10-5-3-9(4-6-10)8-18-7-1-2-11-12(18)17-14(19)22-11/h1-7,13H,8H2. The van der Waals surface area contributed by atoms with Crippen LogP contribution in [0.4, 0.5) is 8.78 Å². The van der Waals surface area contributed by atoms with E-state index in [9.17, 15) is 22.0 Å². The number of oxazole rings is 1. The Hall–Kier alpha value is -2.55. The van der Waals surface area contributed by atoms with Crippen molar-refractivity contribution in [1.82, 2.24) is 9.55 Å². The van der Waals surface area contributed by atoms with E-state index in [1.807, 2.05) is 0 Å². The van der Waals surface area contributed by atoms with E-state index >= 15 is 0 Å². The molecule has 0 aliphatic carbocycles. The number of benzene rings is 1. The maximum atomic E-state index is 12.5. The summed E-state index contributed by atoms with van der Waals surface area (Å²) in [6, 6.07) is 8.37. The van der Waals surface area contributed by atoms with Gasteiger partial charge in [-0.05, 0) is 29.8 Å². The zero-order chi connectivity index (χ0) is 16.6. The third kappa shape index (κ3) is 2.87. The van der Waals surface area contributed by atoms with Gasteiger partial charge >= 0.3 is 11.5 Å². The number of sulfone groups is 1. The molecule has 0 atom stereocenters. The van der Waals surface area contributed by atoms with Crippen LogP contribution in [0.1, 0.15) is 5.56 Å². The van der Waals surface area contributed by atoms with Gasteiger partial charge in [-0.15, -0.1) is 0 Å². The van der Waals surface area contributed by atoms with Crippen LogP contribution >= 0.6 is 0 Å². The van der Waals surface area contributed by atoms with E-state index in [1.165, 1.54) is 12.1 Å². The third-order valence-corrected chi connectivity index (χ3v) is 4.64. The zero-order valence-corrected chi connectivity index (χ0v) is 12.3. The summed E-state index contributed by atoms with van der Waals surface area (Å²) in [5, 5.41) is 0. The highest BCUT2D eigenvalue weighted by Crippen LogP contribution is 2.21. The molecular weight excluding hydrogens is 330 g/mol. The molecule has 0 N–H and O–H groups in total. The molecule has 2 heterocycles. The molecule has 1 aromatic carbocycles. The van der Waals surface area contributed by atoms with Crippen molar-refractivity contribution in [3.05, 3.63) is 58.7 Å². The highest BCUT2D eigenvalue weighted by atomic mass is 32.2. The van der Waals surface area contributed by atoms with Crippen LogP contribution in [0.5, 0.6) is 0 Å². The number of aromatic nitrogens is 2. The molecule has 0 radical (unpaired) electrons. The number of fused-ring (bicyclic) bond motifs is 1. The molecule has 0 amide bonds. The lowest BCUT2D eigenvalue weighted by atomic mass is 10.2. The van der Waals surface area contributed by atoms with E-state index < -0.39 is 26.2 Å². The molecular formula is C14H10F2N2O4S. The van der Waals surface area contributed by atoms with Crippen LogP contribution in [0.25, 0.3) is 11.6 Å². The van der Waals surface area contributed by atoms with Gasteiger partial charge in [-0.1, -0.05) is 12.1 Å². The average Bonchev–Trinajstić information content (AvgIpc) is 2.89. The predicted molar refractivity (Wildman–Crippen MR) is 76.1 cm³/mol. The highest BCUT2D eigenvalue weighted by Gasteiger charge is 2.26. The minimum absolute atomic E-state index is 0.276. The van der Waals surface area contributed by atoms with Gasteiger partial charge in [-0.3, -0.25) is 0 Å². The zero-order valence-electron chi connectivity index (χ0n) is 11.5. The molecule has 2 aliphatic heterocycles. The Morgan fingerprint density at radius 1 is 1.17 bits per heavy atom. The van der Waals surface area contributed by atoms with Crippen molar-refractivity contribution in [2.75, 3.05) is 0 Å². The summed E-state index contributed by atoms with van der Waals surface area (Å²) in [5.41, 5.74) is 0.658. The highest BCUT2D eigenvalue weighted by molar-refractivity contribution is 7.91. The molecule has 1 aromatic rings. The van der Waals surface area contributed by atoms with Gasteiger partial charge in [0.25, 0.3) is 0 Å². The molecule has 0 fully saturated rings. The minimum atomic E-state index is -4.61. The van der Waals surface area contributed by atoms with E-state index in [0.29, 0.717) is 17.1 Å². The Balaban J connectivity index is 1.91. The predicted octanol–water partition coefficient (Wildman–Crippen LogP) is 1.99. The second kappa shape index (κ2) is 5.58. The average molecular weight is 340 g/mol. The summed E-state index contributed by atoms with van der Waals surface area (Å²) in [4.78, 5) is 14.5.